The lowest BCUT2D eigenvalue weighted by molar-refractivity contribution is 0.398. The molecule has 2 rings (SSSR count). The summed E-state index contributed by atoms with van der Waals surface area (Å²) in [6.07, 6.45) is 3.66. The Labute approximate surface area is 96.4 Å². The monoisotopic (exact) mass is 221 g/mol. The third-order valence-electron chi connectivity index (χ3n) is 2.86. The molecule has 4 nitrogen and oxygen atoms in total. The lowest BCUT2D eigenvalue weighted by atomic mass is 10.1. The fourth-order valence-electron chi connectivity index (χ4n) is 1.91. The molecule has 0 spiro atoms. The first kappa shape index (κ1) is 11.0. The van der Waals surface area contributed by atoms with Crippen LogP contribution < -0.4 is 15.4 Å². The van der Waals surface area contributed by atoms with Gasteiger partial charge in [-0.05, 0) is 12.5 Å². The van der Waals surface area contributed by atoms with Gasteiger partial charge in [-0.3, -0.25) is 0 Å². The van der Waals surface area contributed by atoms with Gasteiger partial charge in [-0.25, -0.2) is 0 Å². The number of fused-ring (bicyclic) bond motifs is 1. The second-order valence-electron chi connectivity index (χ2n) is 4.11. The van der Waals surface area contributed by atoms with E-state index >= 15 is 0 Å². The predicted molar refractivity (Wildman–Crippen MR) is 66.2 cm³/mol. The number of anilines is 2. The van der Waals surface area contributed by atoms with Gasteiger partial charge in [0.2, 0.25) is 5.88 Å². The number of hydrogen-bond acceptors (Lipinski definition) is 4. The molecule has 1 atom stereocenters. The van der Waals surface area contributed by atoms with Crippen molar-refractivity contribution >= 4 is 11.5 Å². The van der Waals surface area contributed by atoms with Gasteiger partial charge in [0.05, 0.1) is 12.8 Å². The molecule has 1 aromatic heterocycles. The number of rotatable bonds is 4. The highest BCUT2D eigenvalue weighted by Gasteiger charge is 2.17. The highest BCUT2D eigenvalue weighted by atomic mass is 16.5. The molecule has 16 heavy (non-hydrogen) atoms. The third-order valence-corrected chi connectivity index (χ3v) is 2.86. The van der Waals surface area contributed by atoms with Gasteiger partial charge < -0.3 is 15.4 Å². The van der Waals surface area contributed by atoms with Crippen LogP contribution in [0.25, 0.3) is 0 Å². The van der Waals surface area contributed by atoms with E-state index in [1.807, 2.05) is 12.1 Å². The Hall–Kier alpha value is -1.45. The standard InChI is InChI=1S/C12H19N3O/c1-3-4-5-9-8-13-10-6-7-11(16-2)15-12(10)14-9/h6-7,9,13H,3-5,8H2,1-2H3,(H,14,15). The van der Waals surface area contributed by atoms with Crippen LogP contribution in [-0.2, 0) is 0 Å². The molecule has 0 saturated heterocycles. The van der Waals surface area contributed by atoms with E-state index in [2.05, 4.69) is 22.5 Å². The second kappa shape index (κ2) is 5.05. The van der Waals surface area contributed by atoms with Crippen molar-refractivity contribution in [2.45, 2.75) is 32.2 Å². The van der Waals surface area contributed by atoms with Crippen LogP contribution in [0.2, 0.25) is 0 Å². The molecule has 0 radical (unpaired) electrons. The van der Waals surface area contributed by atoms with Crippen molar-refractivity contribution in [2.75, 3.05) is 24.3 Å². The van der Waals surface area contributed by atoms with E-state index in [9.17, 15) is 0 Å². The Morgan fingerprint density at radius 3 is 3.12 bits per heavy atom. The maximum absolute atomic E-state index is 5.12. The molecule has 0 aliphatic carbocycles. The zero-order valence-electron chi connectivity index (χ0n) is 9.92. The molecule has 1 unspecified atom stereocenters. The summed E-state index contributed by atoms with van der Waals surface area (Å²) in [6.45, 7) is 3.19. The highest BCUT2D eigenvalue weighted by molar-refractivity contribution is 5.67. The minimum Gasteiger partial charge on any atom is -0.481 e. The molecule has 0 bridgehead atoms. The van der Waals surface area contributed by atoms with Crippen molar-refractivity contribution in [2.24, 2.45) is 0 Å². The Balaban J connectivity index is 2.06. The van der Waals surface area contributed by atoms with Gasteiger partial charge in [0.25, 0.3) is 0 Å². The van der Waals surface area contributed by atoms with Gasteiger partial charge in [0.1, 0.15) is 0 Å². The minimum absolute atomic E-state index is 0.479. The first-order valence-corrected chi connectivity index (χ1v) is 5.89. The first-order chi connectivity index (χ1) is 7.83. The molecule has 2 heterocycles. The molecule has 0 aromatic carbocycles. The van der Waals surface area contributed by atoms with Gasteiger partial charge in [0, 0.05) is 18.7 Å². The second-order valence-corrected chi connectivity index (χ2v) is 4.11. The van der Waals surface area contributed by atoms with E-state index in [0.717, 1.165) is 18.1 Å². The van der Waals surface area contributed by atoms with E-state index in [-0.39, 0.29) is 0 Å². The molecule has 2 N–H and O–H groups in total. The van der Waals surface area contributed by atoms with E-state index in [1.165, 1.54) is 19.3 Å². The summed E-state index contributed by atoms with van der Waals surface area (Å²) in [5, 5.41) is 6.85. The van der Waals surface area contributed by atoms with Crippen molar-refractivity contribution in [1.82, 2.24) is 4.98 Å². The van der Waals surface area contributed by atoms with Crippen molar-refractivity contribution in [3.8, 4) is 5.88 Å². The summed E-state index contributed by atoms with van der Waals surface area (Å²) in [7, 11) is 1.64. The average Bonchev–Trinajstić information content (AvgIpc) is 2.35. The van der Waals surface area contributed by atoms with Gasteiger partial charge in [-0.1, -0.05) is 19.8 Å². The lowest BCUT2D eigenvalue weighted by Gasteiger charge is -2.27. The zero-order chi connectivity index (χ0) is 11.4. The molecule has 1 aromatic rings. The third kappa shape index (κ3) is 2.38. The van der Waals surface area contributed by atoms with E-state index < -0.39 is 0 Å². The quantitative estimate of drug-likeness (QED) is 0.820. The van der Waals surface area contributed by atoms with Gasteiger partial charge in [-0.15, -0.1) is 0 Å². The number of unbranched alkanes of at least 4 members (excludes halogenated alkanes) is 1. The maximum Gasteiger partial charge on any atom is 0.215 e. The summed E-state index contributed by atoms with van der Waals surface area (Å²) >= 11 is 0. The molecule has 1 aliphatic heterocycles. The van der Waals surface area contributed by atoms with E-state index in [4.69, 9.17) is 4.74 Å². The Morgan fingerprint density at radius 2 is 2.38 bits per heavy atom. The van der Waals surface area contributed by atoms with E-state index in [1.54, 1.807) is 7.11 Å². The molecule has 0 fully saturated rings. The largest absolute Gasteiger partial charge is 0.481 e. The number of methoxy groups -OCH3 is 1. The van der Waals surface area contributed by atoms with Crippen molar-refractivity contribution in [3.63, 3.8) is 0 Å². The topological polar surface area (TPSA) is 46.2 Å². The summed E-state index contributed by atoms with van der Waals surface area (Å²) in [5.74, 6) is 1.57. The van der Waals surface area contributed by atoms with Crippen LogP contribution in [0, 0.1) is 0 Å². The Bertz CT molecular complexity index is 354. The van der Waals surface area contributed by atoms with Crippen LogP contribution in [0.5, 0.6) is 5.88 Å². The van der Waals surface area contributed by atoms with Gasteiger partial charge in [0.15, 0.2) is 5.82 Å². The average molecular weight is 221 g/mol. The number of aromatic nitrogens is 1. The SMILES string of the molecule is CCCCC1CNc2ccc(OC)nc2N1. The van der Waals surface area contributed by atoms with Crippen LogP contribution in [0.3, 0.4) is 0 Å². The Kier molecular flexibility index (Phi) is 3.49. The normalized spacial score (nSPS) is 18.2. The highest BCUT2D eigenvalue weighted by Crippen LogP contribution is 2.27. The molecule has 88 valence electrons. The zero-order valence-corrected chi connectivity index (χ0v) is 9.92. The number of nitrogens with zero attached hydrogens (tertiary/aromatic N) is 1. The lowest BCUT2D eigenvalue weighted by Crippen LogP contribution is -2.33. The molecule has 0 saturated carbocycles. The van der Waals surface area contributed by atoms with Crippen molar-refractivity contribution in [1.29, 1.82) is 0 Å². The fourth-order valence-corrected chi connectivity index (χ4v) is 1.91. The van der Waals surface area contributed by atoms with Crippen LogP contribution in [0.4, 0.5) is 11.5 Å². The molecule has 0 amide bonds. The smallest absolute Gasteiger partial charge is 0.215 e. The van der Waals surface area contributed by atoms with Crippen LogP contribution in [0.1, 0.15) is 26.2 Å². The number of nitrogens with one attached hydrogen (secondary N) is 2. The van der Waals surface area contributed by atoms with E-state index in [0.29, 0.717) is 11.9 Å². The molecular weight excluding hydrogens is 202 g/mol. The number of pyridine rings is 1. The number of hydrogen-bond donors (Lipinski definition) is 2. The first-order valence-electron chi connectivity index (χ1n) is 5.89. The van der Waals surface area contributed by atoms with Crippen LogP contribution >= 0.6 is 0 Å². The molecule has 4 heteroatoms. The fraction of sp³-hybridized carbons (Fsp3) is 0.583. The Morgan fingerprint density at radius 1 is 1.50 bits per heavy atom. The van der Waals surface area contributed by atoms with Gasteiger partial charge >= 0.3 is 0 Å². The van der Waals surface area contributed by atoms with Crippen molar-refractivity contribution in [3.05, 3.63) is 12.1 Å². The predicted octanol–water partition coefficient (Wildman–Crippen LogP) is 2.49. The summed E-state index contributed by atoms with van der Waals surface area (Å²) in [6, 6.07) is 4.36. The molecular formula is C12H19N3O. The van der Waals surface area contributed by atoms with Crippen LogP contribution in [-0.4, -0.2) is 24.7 Å². The summed E-state index contributed by atoms with van der Waals surface area (Å²) < 4.78 is 5.12. The summed E-state index contributed by atoms with van der Waals surface area (Å²) in [5.41, 5.74) is 1.06. The summed E-state index contributed by atoms with van der Waals surface area (Å²) in [4.78, 5) is 4.39. The van der Waals surface area contributed by atoms with Gasteiger partial charge in [-0.2, -0.15) is 4.98 Å². The maximum atomic E-state index is 5.12. The van der Waals surface area contributed by atoms with Crippen LogP contribution in [0.15, 0.2) is 12.1 Å². The van der Waals surface area contributed by atoms with Crippen molar-refractivity contribution < 1.29 is 4.74 Å². The molecule has 1 aliphatic rings. The minimum atomic E-state index is 0.479. The number of ether oxygens (including phenoxy) is 1.